The van der Waals surface area contributed by atoms with Gasteiger partial charge in [-0.2, -0.15) is 11.3 Å². The molecule has 5 rings (SSSR count). The Labute approximate surface area is 151 Å². The highest BCUT2D eigenvalue weighted by Gasteiger charge is 2.47. The van der Waals surface area contributed by atoms with Crippen molar-refractivity contribution in [2.75, 3.05) is 0 Å². The van der Waals surface area contributed by atoms with Crippen LogP contribution in [0.2, 0.25) is 0 Å². The number of primary amides is 1. The fourth-order valence-corrected chi connectivity index (χ4v) is 6.30. The van der Waals surface area contributed by atoms with Gasteiger partial charge in [-0.15, -0.1) is 0 Å². The van der Waals surface area contributed by atoms with Crippen molar-refractivity contribution in [2.24, 2.45) is 29.4 Å². The zero-order valence-corrected chi connectivity index (χ0v) is 15.1. The minimum atomic E-state index is -1.01. The number of rotatable bonds is 4. The molecule has 4 saturated carbocycles. The van der Waals surface area contributed by atoms with Gasteiger partial charge in [-0.3, -0.25) is 4.79 Å². The summed E-state index contributed by atoms with van der Waals surface area (Å²) in [6.07, 6.45) is 5.59. The predicted molar refractivity (Wildman–Crippen MR) is 97.8 cm³/mol. The average molecular weight is 357 g/mol. The summed E-state index contributed by atoms with van der Waals surface area (Å²) in [6.45, 7) is 1.81. The molecule has 4 fully saturated rings. The third-order valence-electron chi connectivity index (χ3n) is 6.35. The zero-order chi connectivity index (χ0) is 17.7. The molecular weight excluding hydrogens is 334 g/mol. The van der Waals surface area contributed by atoms with Gasteiger partial charge in [0, 0.05) is 0 Å². The molecule has 132 valence electrons. The number of carbonyl (C=O) groups excluding carboxylic acids is 1. The average Bonchev–Trinajstić information content (AvgIpc) is 3.06. The molecule has 4 aliphatic carbocycles. The molecule has 4 bridgehead atoms. The van der Waals surface area contributed by atoms with Gasteiger partial charge >= 0.3 is 5.97 Å². The van der Waals surface area contributed by atoms with Crippen molar-refractivity contribution in [3.63, 3.8) is 0 Å². The van der Waals surface area contributed by atoms with E-state index in [2.05, 4.69) is 0 Å². The van der Waals surface area contributed by atoms with Crippen molar-refractivity contribution in [3.8, 4) is 0 Å². The fourth-order valence-electron chi connectivity index (χ4n) is 5.59. The molecule has 1 aromatic heterocycles. The predicted octanol–water partition coefficient (Wildman–Crippen LogP) is 3.84. The summed E-state index contributed by atoms with van der Waals surface area (Å²) < 4.78 is 0. The Morgan fingerprint density at radius 1 is 1.12 bits per heavy atom. The Morgan fingerprint density at radius 2 is 1.72 bits per heavy atom. The summed E-state index contributed by atoms with van der Waals surface area (Å²) >= 11 is 1.53. The maximum atomic E-state index is 12.3. The lowest BCUT2D eigenvalue weighted by Crippen LogP contribution is -2.42. The quantitative estimate of drug-likeness (QED) is 0.803. The number of amides is 1. The number of carbonyl (C=O) groups is 2. The summed E-state index contributed by atoms with van der Waals surface area (Å²) in [7, 11) is 0. The molecule has 1 amide bonds. The van der Waals surface area contributed by atoms with Crippen molar-refractivity contribution in [1.82, 2.24) is 0 Å². The number of carboxylic acid groups (broad SMARTS) is 1. The monoisotopic (exact) mass is 357 g/mol. The summed E-state index contributed by atoms with van der Waals surface area (Å²) in [4.78, 5) is 24.5. The first kappa shape index (κ1) is 16.6. The van der Waals surface area contributed by atoms with Crippen LogP contribution in [0.1, 0.15) is 44.6 Å². The van der Waals surface area contributed by atoms with Crippen molar-refractivity contribution in [1.29, 1.82) is 0 Å². The van der Waals surface area contributed by atoms with E-state index in [0.29, 0.717) is 17.4 Å². The molecule has 0 aromatic carbocycles. The number of nitrogens with two attached hydrogens (primary N) is 1. The maximum Gasteiger partial charge on any atom is 0.336 e. The van der Waals surface area contributed by atoms with Gasteiger partial charge in [-0.05, 0) is 96.2 Å². The lowest BCUT2D eigenvalue weighted by Gasteiger charge is -2.52. The molecule has 4 nitrogen and oxygen atoms in total. The van der Waals surface area contributed by atoms with E-state index in [1.807, 2.05) is 23.8 Å². The molecule has 1 aromatic rings. The molecular formula is C20H23NO3S. The van der Waals surface area contributed by atoms with E-state index in [0.717, 1.165) is 48.7 Å². The van der Waals surface area contributed by atoms with E-state index < -0.39 is 11.9 Å². The van der Waals surface area contributed by atoms with Gasteiger partial charge in [0.15, 0.2) is 0 Å². The molecule has 1 heterocycles. The van der Waals surface area contributed by atoms with Gasteiger partial charge in [0.25, 0.3) is 0 Å². The number of carboxylic acids is 1. The van der Waals surface area contributed by atoms with Crippen molar-refractivity contribution in [3.05, 3.63) is 39.1 Å². The second-order valence-electron chi connectivity index (χ2n) is 7.82. The lowest BCUT2D eigenvalue weighted by molar-refractivity contribution is -0.133. The van der Waals surface area contributed by atoms with E-state index in [1.54, 1.807) is 0 Å². The van der Waals surface area contributed by atoms with Gasteiger partial charge in [-0.1, -0.05) is 0 Å². The van der Waals surface area contributed by atoms with E-state index in [1.165, 1.54) is 17.8 Å². The van der Waals surface area contributed by atoms with Crippen molar-refractivity contribution < 1.29 is 14.7 Å². The van der Waals surface area contributed by atoms with Crippen LogP contribution in [-0.2, 0) is 9.59 Å². The molecule has 25 heavy (non-hydrogen) atoms. The Hall–Kier alpha value is -1.88. The van der Waals surface area contributed by atoms with Crippen LogP contribution in [0.4, 0.5) is 0 Å². The third kappa shape index (κ3) is 2.74. The minimum Gasteiger partial charge on any atom is -0.478 e. The second-order valence-corrected chi connectivity index (χ2v) is 8.60. The van der Waals surface area contributed by atoms with E-state index in [4.69, 9.17) is 5.73 Å². The van der Waals surface area contributed by atoms with Crippen LogP contribution in [0, 0.1) is 23.7 Å². The fraction of sp³-hybridized carbons (Fsp3) is 0.500. The van der Waals surface area contributed by atoms with Crippen LogP contribution in [0.3, 0.4) is 0 Å². The summed E-state index contributed by atoms with van der Waals surface area (Å²) in [5.74, 6) is 0.452. The Bertz CT molecular complexity index is 758. The summed E-state index contributed by atoms with van der Waals surface area (Å²) in [5, 5.41) is 13.9. The van der Waals surface area contributed by atoms with Crippen LogP contribution in [0.15, 0.2) is 33.5 Å². The third-order valence-corrected chi connectivity index (χ3v) is 7.03. The molecule has 0 radical (unpaired) electrons. The maximum absolute atomic E-state index is 12.3. The number of hydrogen-bond acceptors (Lipinski definition) is 3. The van der Waals surface area contributed by atoms with Crippen LogP contribution >= 0.6 is 11.3 Å². The highest BCUT2D eigenvalue weighted by atomic mass is 32.1. The van der Waals surface area contributed by atoms with E-state index >= 15 is 0 Å². The highest BCUT2D eigenvalue weighted by Crippen LogP contribution is 2.57. The first-order chi connectivity index (χ1) is 12.0. The van der Waals surface area contributed by atoms with E-state index in [-0.39, 0.29) is 11.1 Å². The van der Waals surface area contributed by atoms with Crippen LogP contribution in [0.5, 0.6) is 0 Å². The lowest BCUT2D eigenvalue weighted by atomic mass is 9.53. The molecule has 0 unspecified atom stereocenters. The van der Waals surface area contributed by atoms with Crippen molar-refractivity contribution in [2.45, 2.75) is 39.0 Å². The second kappa shape index (κ2) is 6.13. The number of allylic oxidation sites excluding steroid dienone is 2. The molecule has 0 atom stereocenters. The van der Waals surface area contributed by atoms with Crippen LogP contribution in [-0.4, -0.2) is 17.0 Å². The summed E-state index contributed by atoms with van der Waals surface area (Å²) in [6, 6.07) is 1.91. The Kier molecular flexibility index (Phi) is 4.07. The van der Waals surface area contributed by atoms with Gasteiger partial charge in [0.05, 0.1) is 11.1 Å². The standard InChI is InChI=1S/C20H23NO3S/c1-10(13-2-3-25-9-13)16(19(21)22)18(20(23)24)17-14-5-11-4-12(7-14)8-15(17)6-11/h2-3,9,11-12,14-15H,4-8H2,1H3,(H2,21,22)(H,23,24). The van der Waals surface area contributed by atoms with E-state index in [9.17, 15) is 14.7 Å². The molecule has 0 aliphatic heterocycles. The normalized spacial score (nSPS) is 31.0. The smallest absolute Gasteiger partial charge is 0.336 e. The Balaban J connectivity index is 1.90. The van der Waals surface area contributed by atoms with Crippen molar-refractivity contribution >= 4 is 28.8 Å². The minimum absolute atomic E-state index is 0.199. The number of aliphatic carboxylic acids is 1. The Morgan fingerprint density at radius 3 is 2.16 bits per heavy atom. The molecule has 4 aliphatic rings. The molecule has 5 heteroatoms. The number of thiophene rings is 1. The first-order valence-corrected chi connectivity index (χ1v) is 9.91. The van der Waals surface area contributed by atoms with Gasteiger partial charge in [0.1, 0.15) is 0 Å². The van der Waals surface area contributed by atoms with Crippen LogP contribution in [0.25, 0.3) is 5.57 Å². The highest BCUT2D eigenvalue weighted by molar-refractivity contribution is 7.08. The summed E-state index contributed by atoms with van der Waals surface area (Å²) in [5.41, 5.74) is 8.64. The first-order valence-electron chi connectivity index (χ1n) is 8.96. The molecule has 3 N–H and O–H groups in total. The molecule has 0 spiro atoms. The van der Waals surface area contributed by atoms with Gasteiger partial charge in [-0.25, -0.2) is 4.79 Å². The van der Waals surface area contributed by atoms with Gasteiger partial charge < -0.3 is 10.8 Å². The topological polar surface area (TPSA) is 80.4 Å². The molecule has 0 saturated heterocycles. The van der Waals surface area contributed by atoms with Crippen LogP contribution < -0.4 is 5.73 Å². The zero-order valence-electron chi connectivity index (χ0n) is 14.3. The van der Waals surface area contributed by atoms with Gasteiger partial charge in [0.2, 0.25) is 5.91 Å². The largest absolute Gasteiger partial charge is 0.478 e. The SMILES string of the molecule is CC(=C(C(N)=O)C(C(=O)O)=C1C2CC3CC(C2)CC1C3)c1ccsc1. The number of hydrogen-bond donors (Lipinski definition) is 2.